The highest BCUT2D eigenvalue weighted by Gasteiger charge is 2.24. The third kappa shape index (κ3) is 6.09. The van der Waals surface area contributed by atoms with Crippen LogP contribution in [-0.2, 0) is 16.1 Å². The molecule has 2 aromatic heterocycles. The minimum absolute atomic E-state index is 0.212. The fraction of sp³-hybridized carbons (Fsp3) is 0.462. The van der Waals surface area contributed by atoms with Crippen LogP contribution in [0.15, 0.2) is 52.0 Å². The molecule has 1 aliphatic heterocycles. The smallest absolute Gasteiger partial charge is 0.326 e. The lowest BCUT2D eigenvalue weighted by Gasteiger charge is -2.30. The van der Waals surface area contributed by atoms with Crippen molar-refractivity contribution in [2.45, 2.75) is 65.1 Å². The number of piperidine rings is 1. The van der Waals surface area contributed by atoms with Gasteiger partial charge in [-0.15, -0.1) is 0 Å². The van der Waals surface area contributed by atoms with Gasteiger partial charge in [0.15, 0.2) is 0 Å². The van der Waals surface area contributed by atoms with Gasteiger partial charge in [0.05, 0.1) is 6.20 Å². The molecule has 186 valence electrons. The maximum Gasteiger partial charge on any atom is 0.326 e. The van der Waals surface area contributed by atoms with E-state index in [9.17, 15) is 9.59 Å². The van der Waals surface area contributed by atoms with E-state index in [0.717, 1.165) is 43.6 Å². The Morgan fingerprint density at radius 3 is 2.57 bits per heavy atom. The van der Waals surface area contributed by atoms with Gasteiger partial charge in [-0.25, -0.2) is 9.97 Å². The molecule has 9 heteroatoms. The van der Waals surface area contributed by atoms with E-state index in [4.69, 9.17) is 9.15 Å². The van der Waals surface area contributed by atoms with Crippen molar-refractivity contribution in [2.75, 3.05) is 23.3 Å². The number of rotatable bonds is 7. The lowest BCUT2D eigenvalue weighted by atomic mass is 10.1. The first-order valence-electron chi connectivity index (χ1n) is 12.1. The number of nitrogens with zero attached hydrogens (tertiary/aromatic N) is 4. The van der Waals surface area contributed by atoms with Crippen molar-refractivity contribution < 1.29 is 13.9 Å². The van der Waals surface area contributed by atoms with Crippen molar-refractivity contribution in [1.82, 2.24) is 14.5 Å². The molecule has 0 aliphatic carbocycles. The van der Waals surface area contributed by atoms with Gasteiger partial charge < -0.3 is 19.4 Å². The zero-order valence-electron chi connectivity index (χ0n) is 20.8. The fourth-order valence-electron chi connectivity index (χ4n) is 4.10. The number of esters is 1. The van der Waals surface area contributed by atoms with Crippen LogP contribution >= 0.6 is 0 Å². The van der Waals surface area contributed by atoms with Gasteiger partial charge in [0.1, 0.15) is 35.8 Å². The number of anilines is 2. The largest absolute Gasteiger partial charge is 0.459 e. The van der Waals surface area contributed by atoms with Crippen molar-refractivity contribution in [1.29, 1.82) is 0 Å². The van der Waals surface area contributed by atoms with Gasteiger partial charge in [0, 0.05) is 18.7 Å². The third-order valence-electron chi connectivity index (χ3n) is 5.71. The van der Waals surface area contributed by atoms with E-state index in [1.54, 1.807) is 27.0 Å². The molecule has 9 nitrogen and oxygen atoms in total. The Labute approximate surface area is 205 Å². The number of hydrogen-bond donors (Lipinski definition) is 1. The number of oxazole rings is 1. The molecule has 0 saturated carbocycles. The van der Waals surface area contributed by atoms with Crippen LogP contribution in [0.2, 0.25) is 0 Å². The Hall–Kier alpha value is -3.62. The number of carbonyl (C=O) groups is 1. The van der Waals surface area contributed by atoms with Gasteiger partial charge in [0.25, 0.3) is 5.56 Å². The van der Waals surface area contributed by atoms with E-state index in [0.29, 0.717) is 11.8 Å². The Morgan fingerprint density at radius 2 is 1.89 bits per heavy atom. The predicted molar refractivity (Wildman–Crippen MR) is 134 cm³/mol. The second-order valence-electron chi connectivity index (χ2n) is 9.80. The van der Waals surface area contributed by atoms with E-state index >= 15 is 0 Å². The highest BCUT2D eigenvalue weighted by atomic mass is 16.6. The van der Waals surface area contributed by atoms with Gasteiger partial charge in [-0.05, 0) is 47.0 Å². The number of aromatic nitrogens is 3. The van der Waals surface area contributed by atoms with Crippen LogP contribution in [0.25, 0.3) is 11.3 Å². The number of carbonyl (C=O) groups excluding carboxylic acids is 1. The average molecular weight is 480 g/mol. The molecule has 0 unspecified atom stereocenters. The van der Waals surface area contributed by atoms with Crippen LogP contribution in [0.1, 0.15) is 58.9 Å². The van der Waals surface area contributed by atoms with E-state index in [2.05, 4.69) is 20.2 Å². The van der Waals surface area contributed by atoms with Gasteiger partial charge in [-0.3, -0.25) is 14.2 Å². The van der Waals surface area contributed by atoms with Gasteiger partial charge in [-0.2, -0.15) is 0 Å². The summed E-state index contributed by atoms with van der Waals surface area (Å²) in [6.45, 7) is 8.64. The molecular formula is C26H33N5O4. The molecule has 1 aromatic carbocycles. The van der Waals surface area contributed by atoms with Crippen LogP contribution in [-0.4, -0.2) is 39.2 Å². The molecule has 0 radical (unpaired) electrons. The second-order valence-corrected chi connectivity index (χ2v) is 9.80. The predicted octanol–water partition coefficient (Wildman–Crippen LogP) is 4.40. The Bertz CT molecular complexity index is 1210. The molecule has 0 spiro atoms. The third-order valence-corrected chi connectivity index (χ3v) is 5.71. The number of benzene rings is 1. The lowest BCUT2D eigenvalue weighted by Crippen LogP contribution is -2.39. The maximum absolute atomic E-state index is 13.5. The molecule has 1 atom stereocenters. The molecule has 35 heavy (non-hydrogen) atoms. The Balaban J connectivity index is 1.59. The first-order valence-corrected chi connectivity index (χ1v) is 12.1. The molecule has 1 saturated heterocycles. The highest BCUT2D eigenvalue weighted by molar-refractivity contribution is 5.70. The van der Waals surface area contributed by atoms with Gasteiger partial charge in [-0.1, -0.05) is 30.3 Å². The minimum atomic E-state index is -0.648. The molecule has 0 amide bonds. The lowest BCUT2D eigenvalue weighted by molar-refractivity contribution is -0.155. The monoisotopic (exact) mass is 479 g/mol. The summed E-state index contributed by atoms with van der Waals surface area (Å²) in [7, 11) is 0. The van der Waals surface area contributed by atoms with Crippen LogP contribution < -0.4 is 15.8 Å². The van der Waals surface area contributed by atoms with Crippen molar-refractivity contribution in [3.8, 4) is 11.3 Å². The summed E-state index contributed by atoms with van der Waals surface area (Å²) in [4.78, 5) is 37.3. The molecule has 3 aromatic rings. The zero-order chi connectivity index (χ0) is 25.0. The average Bonchev–Trinajstić information content (AvgIpc) is 3.32. The van der Waals surface area contributed by atoms with Crippen molar-refractivity contribution in [2.24, 2.45) is 0 Å². The second kappa shape index (κ2) is 10.3. The van der Waals surface area contributed by atoms with Gasteiger partial charge >= 0.3 is 5.97 Å². The summed E-state index contributed by atoms with van der Waals surface area (Å²) in [5.74, 6) is 0.452. The summed E-state index contributed by atoms with van der Waals surface area (Å²) in [5.41, 5.74) is 0.942. The quantitative estimate of drug-likeness (QED) is 0.498. The molecular weight excluding hydrogens is 446 g/mol. The van der Waals surface area contributed by atoms with Crippen LogP contribution in [0, 0.1) is 0 Å². The summed E-state index contributed by atoms with van der Waals surface area (Å²) < 4.78 is 12.6. The number of nitrogens with one attached hydrogen (secondary N) is 1. The first kappa shape index (κ1) is 24.5. The summed E-state index contributed by atoms with van der Waals surface area (Å²) in [5, 5.41) is 3.16. The fourth-order valence-corrected chi connectivity index (χ4v) is 4.10. The zero-order valence-corrected chi connectivity index (χ0v) is 20.8. The summed E-state index contributed by atoms with van der Waals surface area (Å²) in [6, 6.07) is 9.34. The molecule has 4 rings (SSSR count). The standard InChI is InChI=1S/C26H33N5O4/c1-18(23-29-21(17-34-23)19-11-7-5-8-12-19)28-20-15-27-25(30-13-9-6-10-14-30)31(24(20)33)16-22(32)35-26(2,3)4/h5,7-8,11-12,15,17-18,28H,6,9-10,13-14,16H2,1-4H3/t18-/m1/s1. The molecule has 1 aliphatic rings. The van der Waals surface area contributed by atoms with E-state index in [1.165, 1.54) is 10.8 Å². The van der Waals surface area contributed by atoms with Crippen molar-refractivity contribution in [3.63, 3.8) is 0 Å². The topological polar surface area (TPSA) is 102 Å². The number of hydrogen-bond acceptors (Lipinski definition) is 8. The van der Waals surface area contributed by atoms with Crippen LogP contribution in [0.4, 0.5) is 11.6 Å². The molecule has 1 fully saturated rings. The molecule has 3 heterocycles. The SMILES string of the molecule is C[C@@H](Nc1cnc(N2CCCCC2)n(CC(=O)OC(C)(C)C)c1=O)c1nc(-c2ccccc2)co1. The normalized spacial score (nSPS) is 15.0. The minimum Gasteiger partial charge on any atom is -0.459 e. The number of ether oxygens (including phenoxy) is 1. The first-order chi connectivity index (χ1) is 16.7. The van der Waals surface area contributed by atoms with E-state index in [-0.39, 0.29) is 17.8 Å². The Kier molecular flexibility index (Phi) is 7.23. The van der Waals surface area contributed by atoms with Crippen molar-refractivity contribution in [3.05, 3.63) is 59.0 Å². The molecule has 0 bridgehead atoms. The van der Waals surface area contributed by atoms with Gasteiger partial charge in [0.2, 0.25) is 11.8 Å². The van der Waals surface area contributed by atoms with Crippen LogP contribution in [0.3, 0.4) is 0 Å². The van der Waals surface area contributed by atoms with Crippen LogP contribution in [0.5, 0.6) is 0 Å². The van der Waals surface area contributed by atoms with E-state index < -0.39 is 17.6 Å². The maximum atomic E-state index is 13.5. The highest BCUT2D eigenvalue weighted by Crippen LogP contribution is 2.24. The Morgan fingerprint density at radius 1 is 1.17 bits per heavy atom. The molecule has 1 N–H and O–H groups in total. The summed E-state index contributed by atoms with van der Waals surface area (Å²) >= 11 is 0. The van der Waals surface area contributed by atoms with E-state index in [1.807, 2.05) is 37.3 Å². The summed E-state index contributed by atoms with van der Waals surface area (Å²) in [6.07, 6.45) is 6.31. The van der Waals surface area contributed by atoms with Crippen molar-refractivity contribution >= 4 is 17.6 Å².